The largest absolute Gasteiger partial charge is 0.493 e. The van der Waals surface area contributed by atoms with Gasteiger partial charge in [-0.3, -0.25) is 9.59 Å². The Labute approximate surface area is 220 Å². The summed E-state index contributed by atoms with van der Waals surface area (Å²) in [6, 6.07) is 17.7. The van der Waals surface area contributed by atoms with Gasteiger partial charge in [0.1, 0.15) is 0 Å². The first-order valence-electron chi connectivity index (χ1n) is 13.1. The van der Waals surface area contributed by atoms with Crippen molar-refractivity contribution in [3.8, 4) is 11.5 Å². The Kier molecular flexibility index (Phi) is 10.3. The van der Waals surface area contributed by atoms with Gasteiger partial charge in [-0.1, -0.05) is 74.0 Å². The molecule has 5 heteroatoms. The second-order valence-corrected chi connectivity index (χ2v) is 9.93. The molecule has 0 spiro atoms. The van der Waals surface area contributed by atoms with Crippen LogP contribution in [0.2, 0.25) is 0 Å². The molecule has 0 heterocycles. The number of amides is 1. The first kappa shape index (κ1) is 28.0. The van der Waals surface area contributed by atoms with Gasteiger partial charge in [-0.2, -0.15) is 0 Å². The van der Waals surface area contributed by atoms with Crippen LogP contribution in [0.15, 0.2) is 66.7 Å². The zero-order valence-electron chi connectivity index (χ0n) is 22.7. The van der Waals surface area contributed by atoms with E-state index in [0.717, 1.165) is 41.2 Å². The highest BCUT2D eigenvalue weighted by atomic mass is 16.6. The van der Waals surface area contributed by atoms with Gasteiger partial charge in [0.05, 0.1) is 13.0 Å². The number of carbonyl (C=O) groups is 2. The molecule has 0 radical (unpaired) electrons. The average Bonchev–Trinajstić information content (AvgIpc) is 2.89. The van der Waals surface area contributed by atoms with E-state index < -0.39 is 5.92 Å². The number of carbonyl (C=O) groups excluding carboxylic acids is 2. The van der Waals surface area contributed by atoms with Crippen LogP contribution >= 0.6 is 0 Å². The molecule has 3 aromatic carbocycles. The first-order chi connectivity index (χ1) is 17.8. The third-order valence-electron chi connectivity index (χ3n) is 6.35. The number of rotatable bonds is 12. The maximum atomic E-state index is 12.9. The molecule has 1 atom stereocenters. The Morgan fingerprint density at radius 1 is 0.919 bits per heavy atom. The number of hydrogen-bond donors (Lipinski definition) is 1. The molecule has 0 aromatic heterocycles. The van der Waals surface area contributed by atoms with E-state index in [2.05, 4.69) is 56.4 Å². The van der Waals surface area contributed by atoms with Crippen molar-refractivity contribution >= 4 is 22.6 Å². The molecule has 0 saturated carbocycles. The zero-order valence-corrected chi connectivity index (χ0v) is 22.7. The quantitative estimate of drug-likeness (QED) is 0.123. The van der Waals surface area contributed by atoms with Crippen molar-refractivity contribution in [3.63, 3.8) is 0 Å². The van der Waals surface area contributed by atoms with Gasteiger partial charge in [-0.25, -0.2) is 0 Å². The molecule has 0 aliphatic heterocycles. The fourth-order valence-corrected chi connectivity index (χ4v) is 4.10. The van der Waals surface area contributed by atoms with Gasteiger partial charge in [-0.15, -0.1) is 0 Å². The molecule has 3 aromatic rings. The summed E-state index contributed by atoms with van der Waals surface area (Å²) in [6.45, 7) is 8.61. The molecule has 1 amide bonds. The zero-order chi connectivity index (χ0) is 26.8. The lowest BCUT2D eigenvalue weighted by molar-refractivity contribution is -0.135. The van der Waals surface area contributed by atoms with Crippen LogP contribution in [0.25, 0.3) is 10.8 Å². The number of allylic oxidation sites excluding steroid dienone is 2. The van der Waals surface area contributed by atoms with Crippen molar-refractivity contribution in [2.24, 2.45) is 5.92 Å². The number of fused-ring (bicyclic) bond motifs is 1. The van der Waals surface area contributed by atoms with Crippen LogP contribution < -0.4 is 14.8 Å². The van der Waals surface area contributed by atoms with Gasteiger partial charge >= 0.3 is 5.97 Å². The van der Waals surface area contributed by atoms with E-state index in [1.807, 2.05) is 31.2 Å². The van der Waals surface area contributed by atoms with Crippen molar-refractivity contribution < 1.29 is 19.1 Å². The van der Waals surface area contributed by atoms with Gasteiger partial charge in [-0.05, 0) is 73.1 Å². The summed E-state index contributed by atoms with van der Waals surface area (Å²) in [4.78, 5) is 25.1. The van der Waals surface area contributed by atoms with E-state index >= 15 is 0 Å². The highest BCUT2D eigenvalue weighted by molar-refractivity contribution is 5.87. The fourth-order valence-electron chi connectivity index (χ4n) is 4.10. The third-order valence-corrected chi connectivity index (χ3v) is 6.35. The van der Waals surface area contributed by atoms with Crippen molar-refractivity contribution in [3.05, 3.63) is 83.4 Å². The number of unbranched alkanes of at least 4 members (excludes halogenated alkanes) is 2. The van der Waals surface area contributed by atoms with Crippen LogP contribution in [-0.4, -0.2) is 19.0 Å². The normalized spacial score (nSPS) is 12.2. The maximum absolute atomic E-state index is 12.9. The molecule has 196 valence electrons. The highest BCUT2D eigenvalue weighted by Gasteiger charge is 2.20. The lowest BCUT2D eigenvalue weighted by Crippen LogP contribution is -2.22. The second kappa shape index (κ2) is 13.6. The second-order valence-electron chi connectivity index (χ2n) is 9.93. The SMILES string of the molecule is COc1cc(CNC(=O)CCCC/C=C/C(C)C)ccc1OC(=O)C(C)c1ccc2cc(C)ccc2c1. The molecule has 0 aliphatic rings. The minimum atomic E-state index is -0.435. The fraction of sp³-hybridized carbons (Fsp3) is 0.375. The van der Waals surface area contributed by atoms with Gasteiger partial charge in [0.15, 0.2) is 11.5 Å². The number of benzene rings is 3. The smallest absolute Gasteiger partial charge is 0.318 e. The number of methoxy groups -OCH3 is 1. The number of esters is 1. The predicted octanol–water partition coefficient (Wildman–Crippen LogP) is 7.25. The molecule has 3 rings (SSSR count). The Balaban J connectivity index is 1.53. The highest BCUT2D eigenvalue weighted by Crippen LogP contribution is 2.30. The number of ether oxygens (including phenoxy) is 2. The van der Waals surface area contributed by atoms with Crippen LogP contribution in [0.5, 0.6) is 11.5 Å². The van der Waals surface area contributed by atoms with Gasteiger partial charge in [0.2, 0.25) is 5.91 Å². The third kappa shape index (κ3) is 8.49. The van der Waals surface area contributed by atoms with E-state index in [1.165, 1.54) is 12.7 Å². The summed E-state index contributed by atoms with van der Waals surface area (Å²) in [7, 11) is 1.54. The molecule has 37 heavy (non-hydrogen) atoms. The molecule has 5 nitrogen and oxygen atoms in total. The molecule has 0 fully saturated rings. The summed E-state index contributed by atoms with van der Waals surface area (Å²) in [5, 5.41) is 5.20. The lowest BCUT2D eigenvalue weighted by Gasteiger charge is -2.15. The number of hydrogen-bond acceptors (Lipinski definition) is 4. The summed E-state index contributed by atoms with van der Waals surface area (Å²) >= 11 is 0. The lowest BCUT2D eigenvalue weighted by atomic mass is 9.97. The van der Waals surface area contributed by atoms with Gasteiger partial charge in [0, 0.05) is 13.0 Å². The van der Waals surface area contributed by atoms with Crippen LogP contribution in [0.3, 0.4) is 0 Å². The van der Waals surface area contributed by atoms with E-state index in [-0.39, 0.29) is 11.9 Å². The summed E-state index contributed by atoms with van der Waals surface area (Å²) in [5.41, 5.74) is 2.98. The summed E-state index contributed by atoms with van der Waals surface area (Å²) in [5.74, 6) is 0.622. The van der Waals surface area contributed by atoms with E-state index in [4.69, 9.17) is 9.47 Å². The van der Waals surface area contributed by atoms with E-state index in [0.29, 0.717) is 30.4 Å². The Morgan fingerprint density at radius 2 is 1.68 bits per heavy atom. The molecule has 0 saturated heterocycles. The van der Waals surface area contributed by atoms with Crippen LogP contribution in [-0.2, 0) is 16.1 Å². The first-order valence-corrected chi connectivity index (χ1v) is 13.1. The van der Waals surface area contributed by atoms with Crippen LogP contribution in [0.1, 0.15) is 69.1 Å². The maximum Gasteiger partial charge on any atom is 0.318 e. The number of aryl methyl sites for hydroxylation is 1. The Bertz CT molecular complexity index is 1240. The minimum Gasteiger partial charge on any atom is -0.493 e. The summed E-state index contributed by atoms with van der Waals surface area (Å²) in [6.07, 6.45) is 7.76. The molecule has 0 bridgehead atoms. The predicted molar refractivity (Wildman–Crippen MR) is 150 cm³/mol. The Morgan fingerprint density at radius 3 is 2.43 bits per heavy atom. The standard InChI is InChI=1S/C32H39NO4/c1-22(2)10-8-6-7-9-11-31(34)33-21-25-13-17-29(30(19-25)36-5)37-32(35)24(4)26-15-16-27-18-23(3)12-14-28(27)20-26/h8,10,12-20,22,24H,6-7,9,11,21H2,1-5H3,(H,33,34)/b10-8+. The van der Waals surface area contributed by atoms with E-state index in [9.17, 15) is 9.59 Å². The molecular weight excluding hydrogens is 462 g/mol. The Hall–Kier alpha value is -3.60. The van der Waals surface area contributed by atoms with Crippen LogP contribution in [0, 0.1) is 12.8 Å². The average molecular weight is 502 g/mol. The van der Waals surface area contributed by atoms with Gasteiger partial charge in [0.25, 0.3) is 0 Å². The molecule has 1 N–H and O–H groups in total. The van der Waals surface area contributed by atoms with Crippen molar-refractivity contribution in [1.82, 2.24) is 5.32 Å². The van der Waals surface area contributed by atoms with Crippen molar-refractivity contribution in [1.29, 1.82) is 0 Å². The van der Waals surface area contributed by atoms with Gasteiger partial charge < -0.3 is 14.8 Å². The minimum absolute atomic E-state index is 0.0293. The van der Waals surface area contributed by atoms with E-state index in [1.54, 1.807) is 12.1 Å². The topological polar surface area (TPSA) is 64.6 Å². The number of nitrogens with one attached hydrogen (secondary N) is 1. The monoisotopic (exact) mass is 501 g/mol. The van der Waals surface area contributed by atoms with Crippen LogP contribution in [0.4, 0.5) is 0 Å². The molecular formula is C32H39NO4. The molecule has 1 unspecified atom stereocenters. The molecule has 0 aliphatic carbocycles. The summed E-state index contributed by atoms with van der Waals surface area (Å²) < 4.78 is 11.2. The van der Waals surface area contributed by atoms with Crippen molar-refractivity contribution in [2.75, 3.05) is 7.11 Å². The van der Waals surface area contributed by atoms with Crippen molar-refractivity contribution in [2.45, 2.75) is 65.8 Å².